The van der Waals surface area contributed by atoms with Gasteiger partial charge in [0.15, 0.2) is 5.82 Å². The molecule has 0 atom stereocenters. The van der Waals surface area contributed by atoms with Gasteiger partial charge in [0.05, 0.1) is 24.5 Å². The second-order valence-electron chi connectivity index (χ2n) is 7.20. The third-order valence-electron chi connectivity index (χ3n) is 5.09. The first-order valence-corrected chi connectivity index (χ1v) is 9.55. The third kappa shape index (κ3) is 4.25. The quantitative estimate of drug-likeness (QED) is 0.665. The Morgan fingerprint density at radius 1 is 1.07 bits per heavy atom. The van der Waals surface area contributed by atoms with Crippen LogP contribution in [0.2, 0.25) is 0 Å². The fourth-order valence-corrected chi connectivity index (χ4v) is 3.55. The number of fused-ring (bicyclic) bond motifs is 1. The lowest BCUT2D eigenvalue weighted by Gasteiger charge is -2.29. The topological polar surface area (TPSA) is 70.5 Å². The highest BCUT2D eigenvalue weighted by Crippen LogP contribution is 2.33. The van der Waals surface area contributed by atoms with Gasteiger partial charge in [0, 0.05) is 36.1 Å². The summed E-state index contributed by atoms with van der Waals surface area (Å²) in [5.74, 6) is 0.0405. The van der Waals surface area contributed by atoms with Crippen molar-refractivity contribution in [3.05, 3.63) is 53.2 Å². The number of aryl methyl sites for hydroxylation is 1. The Balaban J connectivity index is 1.64. The maximum atomic E-state index is 13.0. The molecule has 1 fully saturated rings. The van der Waals surface area contributed by atoms with Gasteiger partial charge in [-0.25, -0.2) is 0 Å². The van der Waals surface area contributed by atoms with E-state index in [4.69, 9.17) is 4.74 Å². The van der Waals surface area contributed by atoms with Crippen molar-refractivity contribution in [1.82, 2.24) is 10.2 Å². The van der Waals surface area contributed by atoms with Crippen molar-refractivity contribution in [3.63, 3.8) is 0 Å². The lowest BCUT2D eigenvalue weighted by molar-refractivity contribution is -0.137. The Labute approximate surface area is 171 Å². The van der Waals surface area contributed by atoms with Crippen LogP contribution < -0.4 is 10.2 Å². The first-order valence-electron chi connectivity index (χ1n) is 9.55. The van der Waals surface area contributed by atoms with Gasteiger partial charge in [-0.3, -0.25) is 0 Å². The minimum Gasteiger partial charge on any atom is -0.508 e. The summed E-state index contributed by atoms with van der Waals surface area (Å²) >= 11 is 0. The van der Waals surface area contributed by atoms with Gasteiger partial charge >= 0.3 is 6.18 Å². The Morgan fingerprint density at radius 3 is 2.57 bits per heavy atom. The zero-order chi connectivity index (χ0) is 21.3. The van der Waals surface area contributed by atoms with E-state index in [1.165, 1.54) is 6.07 Å². The normalized spacial score (nSPS) is 14.9. The molecule has 0 unspecified atom stereocenters. The summed E-state index contributed by atoms with van der Waals surface area (Å²) in [5.41, 5.74) is 1.19. The van der Waals surface area contributed by atoms with Crippen molar-refractivity contribution in [3.8, 4) is 5.75 Å². The number of aromatic hydroxyl groups is 1. The van der Waals surface area contributed by atoms with Crippen molar-refractivity contribution in [2.45, 2.75) is 19.6 Å². The number of aromatic nitrogens is 2. The molecule has 30 heavy (non-hydrogen) atoms. The number of phenolic OH excluding ortho intramolecular Hbond substituents is 1. The van der Waals surface area contributed by atoms with E-state index >= 15 is 0 Å². The van der Waals surface area contributed by atoms with Gasteiger partial charge in [-0.2, -0.15) is 18.3 Å². The molecule has 1 aromatic heterocycles. The molecule has 6 nitrogen and oxygen atoms in total. The van der Waals surface area contributed by atoms with Crippen molar-refractivity contribution < 1.29 is 23.0 Å². The predicted octanol–water partition coefficient (Wildman–Crippen LogP) is 4.11. The molecule has 1 aliphatic heterocycles. The number of benzene rings is 2. The largest absolute Gasteiger partial charge is 0.508 e. The second kappa shape index (κ2) is 7.98. The molecular weight excluding hydrogens is 397 g/mol. The molecule has 1 aliphatic rings. The van der Waals surface area contributed by atoms with Crippen LogP contribution in [0.1, 0.15) is 16.8 Å². The fraction of sp³-hybridized carbons (Fsp3) is 0.333. The van der Waals surface area contributed by atoms with Crippen LogP contribution in [0.5, 0.6) is 5.75 Å². The number of halogens is 3. The summed E-state index contributed by atoms with van der Waals surface area (Å²) in [5, 5.41) is 22.9. The highest BCUT2D eigenvalue weighted by atomic mass is 19.4. The smallest absolute Gasteiger partial charge is 0.416 e. The number of rotatable bonds is 4. The van der Waals surface area contributed by atoms with Gasteiger partial charge in [0.1, 0.15) is 5.75 Å². The van der Waals surface area contributed by atoms with Crippen LogP contribution in [-0.4, -0.2) is 41.6 Å². The lowest BCUT2D eigenvalue weighted by Crippen LogP contribution is -2.36. The third-order valence-corrected chi connectivity index (χ3v) is 5.09. The zero-order valence-electron chi connectivity index (χ0n) is 16.3. The number of nitrogens with one attached hydrogen (secondary N) is 1. The molecule has 0 bridgehead atoms. The van der Waals surface area contributed by atoms with Gasteiger partial charge in [-0.05, 0) is 42.8 Å². The zero-order valence-corrected chi connectivity index (χ0v) is 16.3. The number of morpholine rings is 1. The average Bonchev–Trinajstić information content (AvgIpc) is 2.73. The molecule has 0 saturated carbocycles. The molecule has 2 aromatic carbocycles. The summed E-state index contributed by atoms with van der Waals surface area (Å²) < 4.78 is 44.5. The van der Waals surface area contributed by atoms with E-state index in [0.29, 0.717) is 30.7 Å². The molecule has 2 heterocycles. The highest BCUT2D eigenvalue weighted by molar-refractivity contribution is 5.95. The molecule has 1 saturated heterocycles. The van der Waals surface area contributed by atoms with E-state index in [1.54, 1.807) is 0 Å². The maximum absolute atomic E-state index is 13.0. The van der Waals surface area contributed by atoms with Gasteiger partial charge in [0.2, 0.25) is 0 Å². The van der Waals surface area contributed by atoms with Crippen LogP contribution in [0.4, 0.5) is 24.7 Å². The first-order chi connectivity index (χ1) is 14.3. The lowest BCUT2D eigenvalue weighted by atomic mass is 10.1. The Kier molecular flexibility index (Phi) is 5.38. The average molecular weight is 418 g/mol. The molecular formula is C21H21F3N4O2. The molecule has 2 N–H and O–H groups in total. The van der Waals surface area contributed by atoms with E-state index in [1.807, 2.05) is 25.1 Å². The Bertz CT molecular complexity index is 1070. The van der Waals surface area contributed by atoms with Crippen LogP contribution in [-0.2, 0) is 17.5 Å². The van der Waals surface area contributed by atoms with Gasteiger partial charge < -0.3 is 20.1 Å². The van der Waals surface area contributed by atoms with Crippen molar-refractivity contribution in [1.29, 1.82) is 0 Å². The maximum Gasteiger partial charge on any atom is 0.416 e. The molecule has 4 rings (SSSR count). The summed E-state index contributed by atoms with van der Waals surface area (Å²) in [7, 11) is 0. The van der Waals surface area contributed by atoms with Gasteiger partial charge in [-0.15, -0.1) is 5.10 Å². The predicted molar refractivity (Wildman–Crippen MR) is 108 cm³/mol. The van der Waals surface area contributed by atoms with Gasteiger partial charge in [-0.1, -0.05) is 6.07 Å². The fourth-order valence-electron chi connectivity index (χ4n) is 3.55. The van der Waals surface area contributed by atoms with E-state index < -0.39 is 17.5 Å². The summed E-state index contributed by atoms with van der Waals surface area (Å²) in [6.07, 6.45) is -4.53. The Morgan fingerprint density at radius 2 is 1.83 bits per heavy atom. The molecule has 158 valence electrons. The van der Waals surface area contributed by atoms with E-state index in [0.717, 1.165) is 41.3 Å². The summed E-state index contributed by atoms with van der Waals surface area (Å²) in [6, 6.07) is 9.02. The van der Waals surface area contributed by atoms with Gasteiger partial charge in [0.25, 0.3) is 0 Å². The number of nitrogens with zero attached hydrogens (tertiary/aromatic N) is 3. The van der Waals surface area contributed by atoms with Crippen LogP contribution in [0, 0.1) is 6.92 Å². The highest BCUT2D eigenvalue weighted by Gasteiger charge is 2.31. The van der Waals surface area contributed by atoms with E-state index in [9.17, 15) is 18.3 Å². The Hall–Kier alpha value is -3.07. The van der Waals surface area contributed by atoms with Crippen LogP contribution in [0.3, 0.4) is 0 Å². The second-order valence-corrected chi connectivity index (χ2v) is 7.20. The number of phenols is 1. The van der Waals surface area contributed by atoms with E-state index in [2.05, 4.69) is 20.4 Å². The van der Waals surface area contributed by atoms with Crippen LogP contribution in [0.25, 0.3) is 10.8 Å². The molecule has 0 spiro atoms. The summed E-state index contributed by atoms with van der Waals surface area (Å²) in [4.78, 5) is 2.22. The molecule has 0 radical (unpaired) electrons. The summed E-state index contributed by atoms with van der Waals surface area (Å²) in [6.45, 7) is 4.82. The van der Waals surface area contributed by atoms with Crippen LogP contribution >= 0.6 is 0 Å². The minimum atomic E-state index is -4.53. The van der Waals surface area contributed by atoms with Crippen LogP contribution in [0.15, 0.2) is 36.4 Å². The minimum absolute atomic E-state index is 0.0616. The number of anilines is 2. The van der Waals surface area contributed by atoms with Crippen molar-refractivity contribution in [2.24, 2.45) is 0 Å². The molecule has 0 aliphatic carbocycles. The first kappa shape index (κ1) is 20.2. The molecule has 9 heteroatoms. The monoisotopic (exact) mass is 418 g/mol. The standard InChI is InChI=1S/C21H21F3N4O2/c1-13-18-3-2-16(28-4-6-30-7-5-28)11-19(18)20(27-26-13)25-12-14-8-15(21(22,23)24)10-17(29)9-14/h2-3,8-11,29H,4-7,12H2,1H3,(H,25,27). The number of ether oxygens (including phenoxy) is 1. The number of hydrogen-bond acceptors (Lipinski definition) is 6. The van der Waals surface area contributed by atoms with Crippen molar-refractivity contribution >= 4 is 22.3 Å². The number of alkyl halides is 3. The number of hydrogen-bond donors (Lipinski definition) is 2. The van der Waals surface area contributed by atoms with Crippen molar-refractivity contribution in [2.75, 3.05) is 36.5 Å². The molecule has 3 aromatic rings. The molecule has 0 amide bonds. The van der Waals surface area contributed by atoms with E-state index in [-0.39, 0.29) is 6.54 Å². The SMILES string of the molecule is Cc1nnc(NCc2cc(O)cc(C(F)(F)F)c2)c2cc(N3CCOCC3)ccc12.